The molecule has 11 heteroatoms. The van der Waals surface area contributed by atoms with Crippen molar-refractivity contribution < 1.29 is 48.0 Å². The van der Waals surface area contributed by atoms with Gasteiger partial charge >= 0.3 is 12.1 Å². The Hall–Kier alpha value is -4.97. The number of esters is 1. The van der Waals surface area contributed by atoms with Crippen molar-refractivity contribution in [2.45, 2.75) is 51.7 Å². The van der Waals surface area contributed by atoms with Crippen LogP contribution in [0.1, 0.15) is 42.0 Å². The zero-order valence-electron chi connectivity index (χ0n) is 29.0. The summed E-state index contributed by atoms with van der Waals surface area (Å²) in [7, 11) is 0. The molecule has 3 aromatic carbocycles. The van der Waals surface area contributed by atoms with E-state index in [2.05, 4.69) is 0 Å². The molecular formula is C40H45NO10. The predicted molar refractivity (Wildman–Crippen MR) is 188 cm³/mol. The van der Waals surface area contributed by atoms with E-state index in [1.807, 2.05) is 43.3 Å². The Balaban J connectivity index is 1.66. The summed E-state index contributed by atoms with van der Waals surface area (Å²) < 4.78 is 21.7. The number of amides is 2. The SMILES string of the molecule is CC(=O)OC(C(=O)C=C(C(=O)CCCOCCOCCO)c1cccc(C)c1)C(Cc1ccccc1)C(=O)N1C(=O)OCC1Cc1ccccc1. The van der Waals surface area contributed by atoms with Gasteiger partial charge in [-0.25, -0.2) is 9.69 Å². The topological polar surface area (TPSA) is 146 Å². The Bertz CT molecular complexity index is 1660. The van der Waals surface area contributed by atoms with Gasteiger partial charge in [0, 0.05) is 25.5 Å². The molecule has 1 aliphatic rings. The van der Waals surface area contributed by atoms with E-state index in [0.29, 0.717) is 37.2 Å². The Morgan fingerprint density at radius 1 is 0.902 bits per heavy atom. The average Bonchev–Trinajstić information content (AvgIpc) is 3.49. The van der Waals surface area contributed by atoms with E-state index in [-0.39, 0.29) is 50.6 Å². The summed E-state index contributed by atoms with van der Waals surface area (Å²) in [6.07, 6.45) is -0.658. The molecule has 270 valence electrons. The monoisotopic (exact) mass is 699 g/mol. The number of allylic oxidation sites excluding steroid dienone is 1. The Morgan fingerprint density at radius 2 is 1.57 bits per heavy atom. The number of benzene rings is 3. The molecule has 2 amide bonds. The lowest BCUT2D eigenvalue weighted by molar-refractivity contribution is -0.158. The van der Waals surface area contributed by atoms with Crippen LogP contribution in [-0.4, -0.2) is 91.3 Å². The molecule has 0 bridgehead atoms. The minimum Gasteiger partial charge on any atom is -0.453 e. The lowest BCUT2D eigenvalue weighted by Gasteiger charge is -2.29. The van der Waals surface area contributed by atoms with Crippen LogP contribution in [0.25, 0.3) is 5.57 Å². The van der Waals surface area contributed by atoms with Crippen LogP contribution in [0.4, 0.5) is 4.79 Å². The number of Topliss-reactive ketones (excluding diaryl/α,β-unsaturated/α-hetero) is 1. The van der Waals surface area contributed by atoms with E-state index in [4.69, 9.17) is 24.1 Å². The maximum absolute atomic E-state index is 14.5. The zero-order chi connectivity index (χ0) is 36.6. The fraction of sp³-hybridized carbons (Fsp3) is 0.375. The normalized spacial score (nSPS) is 15.6. The lowest BCUT2D eigenvalue weighted by atomic mass is 9.87. The summed E-state index contributed by atoms with van der Waals surface area (Å²) in [4.78, 5) is 69.1. The number of carbonyl (C=O) groups is 5. The number of nitrogens with zero attached hydrogens (tertiary/aromatic N) is 1. The van der Waals surface area contributed by atoms with Crippen molar-refractivity contribution in [2.75, 3.05) is 39.6 Å². The van der Waals surface area contributed by atoms with Crippen LogP contribution < -0.4 is 0 Å². The number of aliphatic hydroxyl groups is 1. The maximum atomic E-state index is 14.5. The van der Waals surface area contributed by atoms with Gasteiger partial charge in [-0.05, 0) is 49.0 Å². The van der Waals surface area contributed by atoms with Crippen molar-refractivity contribution in [1.82, 2.24) is 4.90 Å². The third kappa shape index (κ3) is 11.8. The molecule has 51 heavy (non-hydrogen) atoms. The van der Waals surface area contributed by atoms with Crippen LogP contribution in [0, 0.1) is 12.8 Å². The Morgan fingerprint density at radius 3 is 2.22 bits per heavy atom. The minimum absolute atomic E-state index is 0.0327. The number of cyclic esters (lactones) is 1. The first-order valence-corrected chi connectivity index (χ1v) is 17.0. The van der Waals surface area contributed by atoms with Crippen LogP contribution >= 0.6 is 0 Å². The van der Waals surface area contributed by atoms with Crippen LogP contribution in [0.3, 0.4) is 0 Å². The number of ketones is 2. The van der Waals surface area contributed by atoms with E-state index in [0.717, 1.165) is 29.0 Å². The highest BCUT2D eigenvalue weighted by Gasteiger charge is 2.45. The smallest absolute Gasteiger partial charge is 0.416 e. The summed E-state index contributed by atoms with van der Waals surface area (Å²) in [6, 6.07) is 24.7. The highest BCUT2D eigenvalue weighted by Crippen LogP contribution is 2.27. The summed E-state index contributed by atoms with van der Waals surface area (Å²) in [5, 5.41) is 8.82. The fourth-order valence-electron chi connectivity index (χ4n) is 5.87. The highest BCUT2D eigenvalue weighted by atomic mass is 16.6. The first kappa shape index (κ1) is 38.8. The predicted octanol–water partition coefficient (Wildman–Crippen LogP) is 4.70. The molecule has 3 atom stereocenters. The molecular weight excluding hydrogens is 654 g/mol. The third-order valence-electron chi connectivity index (χ3n) is 8.28. The molecule has 0 radical (unpaired) electrons. The van der Waals surface area contributed by atoms with Gasteiger partial charge in [0.05, 0.1) is 38.4 Å². The lowest BCUT2D eigenvalue weighted by Crippen LogP contribution is -2.49. The van der Waals surface area contributed by atoms with Crippen LogP contribution in [-0.2, 0) is 51.0 Å². The van der Waals surface area contributed by atoms with Crippen molar-refractivity contribution in [3.63, 3.8) is 0 Å². The molecule has 11 nitrogen and oxygen atoms in total. The number of carbonyl (C=O) groups excluding carboxylic acids is 5. The van der Waals surface area contributed by atoms with Gasteiger partial charge < -0.3 is 24.1 Å². The molecule has 0 aliphatic carbocycles. The standard InChI is InChI=1S/C40H45NO10/c1-28-11-9-16-32(23-28)34(36(44)17-10-19-48-21-22-49-20-18-42)26-37(45)38(51-29(2)43)35(25-31-14-7-4-8-15-31)39(46)41-33(27-50-40(41)47)24-30-12-5-3-6-13-30/h3-9,11-16,23,26,33,35,38,42H,10,17-22,24-25,27H2,1-2H3. The minimum atomic E-state index is -1.66. The number of aliphatic hydroxyl groups excluding tert-OH is 1. The van der Waals surface area contributed by atoms with Gasteiger partial charge in [0.15, 0.2) is 17.7 Å². The number of aryl methyl sites for hydroxylation is 1. The Kier molecular flexibility index (Phi) is 15.2. The van der Waals surface area contributed by atoms with Gasteiger partial charge in [0.25, 0.3) is 0 Å². The van der Waals surface area contributed by atoms with Crippen molar-refractivity contribution >= 4 is 35.1 Å². The summed E-state index contributed by atoms with van der Waals surface area (Å²) in [5.41, 5.74) is 3.01. The van der Waals surface area contributed by atoms with Crippen LogP contribution in [0.5, 0.6) is 0 Å². The van der Waals surface area contributed by atoms with Gasteiger partial charge in [-0.3, -0.25) is 19.2 Å². The van der Waals surface area contributed by atoms with Gasteiger partial charge in [0.2, 0.25) is 5.91 Å². The molecule has 1 aliphatic heterocycles. The molecule has 0 aromatic heterocycles. The molecule has 1 N–H and O–H groups in total. The maximum Gasteiger partial charge on any atom is 0.416 e. The molecule has 1 fully saturated rings. The van der Waals surface area contributed by atoms with E-state index in [1.54, 1.807) is 48.5 Å². The first-order valence-electron chi connectivity index (χ1n) is 17.0. The van der Waals surface area contributed by atoms with Crippen molar-refractivity contribution in [2.24, 2.45) is 5.92 Å². The zero-order valence-corrected chi connectivity index (χ0v) is 29.0. The largest absolute Gasteiger partial charge is 0.453 e. The summed E-state index contributed by atoms with van der Waals surface area (Å²) in [6.45, 7) is 3.96. The van der Waals surface area contributed by atoms with E-state index < -0.39 is 41.8 Å². The van der Waals surface area contributed by atoms with E-state index in [9.17, 15) is 24.0 Å². The molecule has 0 spiro atoms. The van der Waals surface area contributed by atoms with Gasteiger partial charge in [-0.1, -0.05) is 90.5 Å². The average molecular weight is 700 g/mol. The highest BCUT2D eigenvalue weighted by molar-refractivity contribution is 6.25. The van der Waals surface area contributed by atoms with Crippen LogP contribution in [0.2, 0.25) is 0 Å². The number of ether oxygens (including phenoxy) is 4. The van der Waals surface area contributed by atoms with Gasteiger partial charge in [-0.2, -0.15) is 0 Å². The number of imide groups is 1. The third-order valence-corrected chi connectivity index (χ3v) is 8.28. The quantitative estimate of drug-likeness (QED) is 0.100. The number of hydrogen-bond acceptors (Lipinski definition) is 10. The van der Waals surface area contributed by atoms with Crippen molar-refractivity contribution in [3.05, 3.63) is 113 Å². The first-order chi connectivity index (χ1) is 24.7. The van der Waals surface area contributed by atoms with E-state index in [1.165, 1.54) is 0 Å². The molecule has 3 unspecified atom stereocenters. The van der Waals surface area contributed by atoms with Crippen LogP contribution in [0.15, 0.2) is 91.0 Å². The molecule has 1 heterocycles. The second-order valence-corrected chi connectivity index (χ2v) is 12.3. The molecule has 4 rings (SSSR count). The Labute approximate surface area is 298 Å². The van der Waals surface area contributed by atoms with Crippen molar-refractivity contribution in [3.8, 4) is 0 Å². The molecule has 0 saturated carbocycles. The fourth-order valence-corrected chi connectivity index (χ4v) is 5.87. The summed E-state index contributed by atoms with van der Waals surface area (Å²) >= 11 is 0. The van der Waals surface area contributed by atoms with Gasteiger partial charge in [-0.15, -0.1) is 0 Å². The van der Waals surface area contributed by atoms with Crippen molar-refractivity contribution in [1.29, 1.82) is 0 Å². The number of hydrogen-bond donors (Lipinski definition) is 1. The molecule has 1 saturated heterocycles. The second-order valence-electron chi connectivity index (χ2n) is 12.3. The number of rotatable bonds is 20. The second kappa shape index (κ2) is 20.0. The van der Waals surface area contributed by atoms with E-state index >= 15 is 0 Å². The molecule has 3 aromatic rings. The van der Waals surface area contributed by atoms with Gasteiger partial charge in [0.1, 0.15) is 6.61 Å². The summed E-state index contributed by atoms with van der Waals surface area (Å²) in [5.74, 6) is -3.96.